The van der Waals surface area contributed by atoms with Crippen LogP contribution < -0.4 is 5.32 Å². The zero-order valence-corrected chi connectivity index (χ0v) is 18.1. The van der Waals surface area contributed by atoms with Crippen LogP contribution >= 0.6 is 0 Å². The van der Waals surface area contributed by atoms with Crippen LogP contribution in [0.15, 0.2) is 72.8 Å². The van der Waals surface area contributed by atoms with Gasteiger partial charge in [-0.1, -0.05) is 60.7 Å². The highest BCUT2D eigenvalue weighted by atomic mass is 19.4. The van der Waals surface area contributed by atoms with Crippen molar-refractivity contribution in [3.63, 3.8) is 0 Å². The highest BCUT2D eigenvalue weighted by Gasteiger charge is 2.47. The van der Waals surface area contributed by atoms with Crippen LogP contribution in [-0.4, -0.2) is 0 Å². The first kappa shape index (κ1) is 21.8. The lowest BCUT2D eigenvalue weighted by Crippen LogP contribution is -2.20. The zero-order chi connectivity index (χ0) is 24.5. The third kappa shape index (κ3) is 3.40. The lowest BCUT2D eigenvalue weighted by Gasteiger charge is -2.24. The summed E-state index contributed by atoms with van der Waals surface area (Å²) in [6.07, 6.45) is -9.79. The standard InChI is InChI=1S/C28H17F6N/c29-27(30,31)23-14-20-18-9-4-2-7-16(18)13-22(20)26(25(23)28(32,33)34)35-24-11-5-10-19-17-8-3-1-6-15(17)12-21(19)24/h1-11,14,35H,12-13H2. The number of alkyl halides is 6. The molecular weight excluding hydrogens is 464 g/mol. The number of benzene rings is 4. The molecular formula is C28H17F6N. The summed E-state index contributed by atoms with van der Waals surface area (Å²) in [5.41, 5.74) is 1.75. The third-order valence-electron chi connectivity index (χ3n) is 6.81. The number of fused-ring (bicyclic) bond motifs is 6. The maximum absolute atomic E-state index is 14.3. The normalized spacial score (nSPS) is 13.8. The molecule has 0 radical (unpaired) electrons. The van der Waals surface area contributed by atoms with Crippen molar-refractivity contribution in [2.45, 2.75) is 25.2 Å². The monoisotopic (exact) mass is 481 g/mol. The highest BCUT2D eigenvalue weighted by Crippen LogP contribution is 2.52. The number of nitrogens with one attached hydrogen (secondary N) is 1. The van der Waals surface area contributed by atoms with Crippen molar-refractivity contribution >= 4 is 11.4 Å². The van der Waals surface area contributed by atoms with Gasteiger partial charge in [-0.3, -0.25) is 0 Å². The molecule has 4 aromatic carbocycles. The van der Waals surface area contributed by atoms with E-state index in [0.717, 1.165) is 22.3 Å². The fourth-order valence-electron chi connectivity index (χ4n) is 5.34. The van der Waals surface area contributed by atoms with Crippen LogP contribution in [0, 0.1) is 0 Å². The Hall–Kier alpha value is -3.74. The van der Waals surface area contributed by atoms with Crippen molar-refractivity contribution in [1.29, 1.82) is 0 Å². The van der Waals surface area contributed by atoms with Gasteiger partial charge in [0.2, 0.25) is 0 Å². The topological polar surface area (TPSA) is 12.0 Å². The first-order chi connectivity index (χ1) is 16.6. The Kier molecular flexibility index (Phi) is 4.59. The quantitative estimate of drug-likeness (QED) is 0.244. The van der Waals surface area contributed by atoms with Crippen molar-refractivity contribution in [3.8, 4) is 22.3 Å². The molecule has 2 aliphatic carbocycles. The lowest BCUT2D eigenvalue weighted by atomic mass is 9.94. The van der Waals surface area contributed by atoms with Gasteiger partial charge in [0.15, 0.2) is 0 Å². The zero-order valence-electron chi connectivity index (χ0n) is 18.1. The molecule has 0 spiro atoms. The Morgan fingerprint density at radius 2 is 1.14 bits per heavy atom. The summed E-state index contributed by atoms with van der Waals surface area (Å²) >= 11 is 0. The summed E-state index contributed by atoms with van der Waals surface area (Å²) in [5, 5.41) is 2.84. The molecule has 6 rings (SSSR count). The number of hydrogen-bond acceptors (Lipinski definition) is 1. The highest BCUT2D eigenvalue weighted by molar-refractivity contribution is 5.89. The second kappa shape index (κ2) is 7.38. The first-order valence-corrected chi connectivity index (χ1v) is 11.0. The van der Waals surface area contributed by atoms with Crippen LogP contribution in [0.2, 0.25) is 0 Å². The van der Waals surface area contributed by atoms with Crippen LogP contribution in [0.3, 0.4) is 0 Å². The van der Waals surface area contributed by atoms with Crippen LogP contribution in [0.4, 0.5) is 37.7 Å². The van der Waals surface area contributed by atoms with E-state index < -0.39 is 29.2 Å². The molecule has 0 unspecified atom stereocenters. The molecule has 0 atom stereocenters. The molecule has 176 valence electrons. The summed E-state index contributed by atoms with van der Waals surface area (Å²) in [6, 6.07) is 20.3. The van der Waals surface area contributed by atoms with Crippen LogP contribution in [-0.2, 0) is 25.2 Å². The van der Waals surface area contributed by atoms with Gasteiger partial charge >= 0.3 is 12.4 Å². The molecule has 1 N–H and O–H groups in total. The first-order valence-electron chi connectivity index (χ1n) is 11.0. The fraction of sp³-hybridized carbons (Fsp3) is 0.143. The Labute approximate surface area is 197 Å². The molecule has 2 aliphatic rings. The molecule has 1 nitrogen and oxygen atoms in total. The average Bonchev–Trinajstić information content (AvgIpc) is 3.37. The molecule has 0 saturated carbocycles. The molecule has 0 fully saturated rings. The van der Waals surface area contributed by atoms with E-state index in [9.17, 15) is 26.3 Å². The van der Waals surface area contributed by atoms with Gasteiger partial charge in [0, 0.05) is 18.5 Å². The predicted molar refractivity (Wildman–Crippen MR) is 123 cm³/mol. The van der Waals surface area contributed by atoms with Gasteiger partial charge in [0.1, 0.15) is 0 Å². The molecule has 0 bridgehead atoms. The molecule has 0 aliphatic heterocycles. The Morgan fingerprint density at radius 3 is 1.77 bits per heavy atom. The fourth-order valence-corrected chi connectivity index (χ4v) is 5.34. The second-order valence-corrected chi connectivity index (χ2v) is 8.82. The number of hydrogen-bond donors (Lipinski definition) is 1. The Bertz CT molecular complexity index is 1500. The van der Waals surface area contributed by atoms with Gasteiger partial charge < -0.3 is 5.32 Å². The maximum atomic E-state index is 14.3. The van der Waals surface area contributed by atoms with Gasteiger partial charge in [0.05, 0.1) is 16.8 Å². The van der Waals surface area contributed by atoms with Crippen molar-refractivity contribution in [2.75, 3.05) is 5.32 Å². The Morgan fingerprint density at radius 1 is 0.571 bits per heavy atom. The van der Waals surface area contributed by atoms with E-state index in [-0.39, 0.29) is 17.5 Å². The van der Waals surface area contributed by atoms with E-state index in [4.69, 9.17) is 0 Å². The molecule has 0 aromatic heterocycles. The minimum absolute atomic E-state index is 0.115. The Balaban J connectivity index is 1.60. The van der Waals surface area contributed by atoms with Gasteiger partial charge in [-0.2, -0.15) is 26.3 Å². The van der Waals surface area contributed by atoms with Gasteiger partial charge in [-0.05, 0) is 56.6 Å². The molecule has 35 heavy (non-hydrogen) atoms. The molecule has 0 heterocycles. The number of anilines is 2. The van der Waals surface area contributed by atoms with Gasteiger partial charge in [0.25, 0.3) is 0 Å². The number of halogens is 6. The van der Waals surface area contributed by atoms with E-state index in [2.05, 4.69) is 5.32 Å². The molecule has 4 aromatic rings. The van der Waals surface area contributed by atoms with Crippen molar-refractivity contribution < 1.29 is 26.3 Å². The minimum Gasteiger partial charge on any atom is -0.355 e. The SMILES string of the molecule is FC(F)(F)c1cc2c(c(Nc3cccc4c3Cc3ccccc3-4)c1C(F)(F)F)Cc1ccccc1-2. The molecule has 7 heteroatoms. The second-order valence-electron chi connectivity index (χ2n) is 8.82. The largest absolute Gasteiger partial charge is 0.419 e. The van der Waals surface area contributed by atoms with E-state index in [1.165, 1.54) is 0 Å². The third-order valence-corrected chi connectivity index (χ3v) is 6.81. The van der Waals surface area contributed by atoms with Gasteiger partial charge in [-0.25, -0.2) is 0 Å². The molecule has 0 saturated heterocycles. The summed E-state index contributed by atoms with van der Waals surface area (Å²) in [6.45, 7) is 0. The van der Waals surface area contributed by atoms with Crippen molar-refractivity contribution in [3.05, 3.63) is 106 Å². The predicted octanol–water partition coefficient (Wildman–Crippen LogP) is 8.61. The summed E-state index contributed by atoms with van der Waals surface area (Å²) in [5.74, 6) is 0. The average molecular weight is 481 g/mol. The minimum atomic E-state index is -5.21. The number of rotatable bonds is 2. The smallest absolute Gasteiger partial charge is 0.355 e. The summed E-state index contributed by atoms with van der Waals surface area (Å²) in [7, 11) is 0. The van der Waals surface area contributed by atoms with Crippen molar-refractivity contribution in [1.82, 2.24) is 0 Å². The van der Waals surface area contributed by atoms with Crippen LogP contribution in [0.25, 0.3) is 22.3 Å². The lowest BCUT2D eigenvalue weighted by molar-refractivity contribution is -0.161. The van der Waals surface area contributed by atoms with E-state index in [1.54, 1.807) is 36.4 Å². The summed E-state index contributed by atoms with van der Waals surface area (Å²) in [4.78, 5) is 0. The van der Waals surface area contributed by atoms with E-state index in [1.807, 2.05) is 30.3 Å². The van der Waals surface area contributed by atoms with Gasteiger partial charge in [-0.15, -0.1) is 0 Å². The maximum Gasteiger partial charge on any atom is 0.419 e. The van der Waals surface area contributed by atoms with E-state index in [0.29, 0.717) is 29.3 Å². The van der Waals surface area contributed by atoms with Crippen molar-refractivity contribution in [2.24, 2.45) is 0 Å². The summed E-state index contributed by atoms with van der Waals surface area (Å²) < 4.78 is 84.9. The van der Waals surface area contributed by atoms with E-state index >= 15 is 0 Å². The van der Waals surface area contributed by atoms with Crippen LogP contribution in [0.5, 0.6) is 0 Å². The van der Waals surface area contributed by atoms with Crippen LogP contribution in [0.1, 0.15) is 33.4 Å². The molecule has 0 amide bonds.